The molecule has 1 aromatic carbocycles. The molecule has 2 atom stereocenters. The van der Waals surface area contributed by atoms with Crippen LogP contribution < -0.4 is 15.4 Å². The van der Waals surface area contributed by atoms with Crippen LogP contribution in [0.5, 0.6) is 5.75 Å². The Bertz CT molecular complexity index is 659. The quantitative estimate of drug-likeness (QED) is 0.802. The SMILES string of the molecule is COC(=O)c1ccc(NC(=O)[C@@H]2C[C@]23CCNC3)c(OC(F)F)c1. The molecule has 24 heavy (non-hydrogen) atoms. The molecule has 1 aliphatic heterocycles. The third kappa shape index (κ3) is 3.19. The number of carbonyl (C=O) groups excluding carboxylic acids is 2. The molecule has 8 heteroatoms. The lowest BCUT2D eigenvalue weighted by molar-refractivity contribution is -0.118. The number of hydrogen-bond acceptors (Lipinski definition) is 5. The van der Waals surface area contributed by atoms with Gasteiger partial charge in [-0.2, -0.15) is 8.78 Å². The number of nitrogens with one attached hydrogen (secondary N) is 2. The average Bonchev–Trinajstić information content (AvgIpc) is 3.05. The summed E-state index contributed by atoms with van der Waals surface area (Å²) in [6, 6.07) is 3.89. The topological polar surface area (TPSA) is 76.7 Å². The van der Waals surface area contributed by atoms with E-state index in [1.165, 1.54) is 19.2 Å². The van der Waals surface area contributed by atoms with Crippen LogP contribution in [0.25, 0.3) is 0 Å². The summed E-state index contributed by atoms with van der Waals surface area (Å²) in [5.41, 5.74) is 0.176. The Kier molecular flexibility index (Phi) is 4.40. The third-order valence-corrected chi connectivity index (χ3v) is 4.66. The van der Waals surface area contributed by atoms with E-state index in [1.807, 2.05) is 0 Å². The maximum Gasteiger partial charge on any atom is 0.387 e. The molecule has 130 valence electrons. The Balaban J connectivity index is 1.76. The van der Waals surface area contributed by atoms with Crippen molar-refractivity contribution in [1.82, 2.24) is 5.32 Å². The molecule has 1 saturated heterocycles. The van der Waals surface area contributed by atoms with E-state index in [0.29, 0.717) is 0 Å². The lowest BCUT2D eigenvalue weighted by atomic mass is 10.0. The zero-order chi connectivity index (χ0) is 17.3. The summed E-state index contributed by atoms with van der Waals surface area (Å²) in [7, 11) is 1.19. The van der Waals surface area contributed by atoms with Crippen molar-refractivity contribution in [2.45, 2.75) is 19.5 Å². The predicted molar refractivity (Wildman–Crippen MR) is 81.1 cm³/mol. The van der Waals surface area contributed by atoms with Gasteiger partial charge in [0.2, 0.25) is 5.91 Å². The van der Waals surface area contributed by atoms with E-state index >= 15 is 0 Å². The molecule has 2 aliphatic rings. The Labute approximate surface area is 137 Å². The van der Waals surface area contributed by atoms with E-state index in [9.17, 15) is 18.4 Å². The lowest BCUT2D eigenvalue weighted by Crippen LogP contribution is -2.21. The van der Waals surface area contributed by atoms with E-state index in [-0.39, 0.29) is 34.2 Å². The second-order valence-electron chi connectivity index (χ2n) is 6.12. The summed E-state index contributed by atoms with van der Waals surface area (Å²) in [4.78, 5) is 23.9. The number of anilines is 1. The molecule has 1 aliphatic carbocycles. The molecule has 0 radical (unpaired) electrons. The summed E-state index contributed by atoms with van der Waals surface area (Å²) in [5, 5.41) is 5.87. The number of carbonyl (C=O) groups is 2. The van der Waals surface area contributed by atoms with Crippen LogP contribution >= 0.6 is 0 Å². The molecule has 1 amide bonds. The van der Waals surface area contributed by atoms with Crippen LogP contribution in [-0.2, 0) is 9.53 Å². The molecule has 0 unspecified atom stereocenters. The summed E-state index contributed by atoms with van der Waals surface area (Å²) in [5.74, 6) is -1.29. The smallest absolute Gasteiger partial charge is 0.387 e. The molecule has 0 bridgehead atoms. The average molecular weight is 340 g/mol. The molecule has 1 spiro atoms. The highest BCUT2D eigenvalue weighted by molar-refractivity contribution is 5.97. The number of amides is 1. The van der Waals surface area contributed by atoms with Gasteiger partial charge in [-0.25, -0.2) is 4.79 Å². The van der Waals surface area contributed by atoms with Gasteiger partial charge in [-0.05, 0) is 43.0 Å². The minimum Gasteiger partial charge on any atom is -0.465 e. The minimum atomic E-state index is -3.07. The lowest BCUT2D eigenvalue weighted by Gasteiger charge is -2.14. The molecule has 3 rings (SSSR count). The maximum atomic E-state index is 12.6. The van der Waals surface area contributed by atoms with E-state index in [4.69, 9.17) is 0 Å². The normalized spacial score (nSPS) is 24.9. The molecule has 2 N–H and O–H groups in total. The van der Waals surface area contributed by atoms with Gasteiger partial charge in [0.25, 0.3) is 0 Å². The van der Waals surface area contributed by atoms with Gasteiger partial charge in [0.1, 0.15) is 5.75 Å². The van der Waals surface area contributed by atoms with Crippen LogP contribution in [0.2, 0.25) is 0 Å². The number of alkyl halides is 2. The van der Waals surface area contributed by atoms with Gasteiger partial charge in [0, 0.05) is 12.5 Å². The van der Waals surface area contributed by atoms with Gasteiger partial charge in [0.05, 0.1) is 18.4 Å². The number of ether oxygens (including phenoxy) is 2. The predicted octanol–water partition coefficient (Wildman–Crippen LogP) is 2.01. The highest BCUT2D eigenvalue weighted by Gasteiger charge is 2.59. The second-order valence-corrected chi connectivity index (χ2v) is 6.12. The van der Waals surface area contributed by atoms with Crippen molar-refractivity contribution in [3.8, 4) is 5.75 Å². The summed E-state index contributed by atoms with van der Waals surface area (Å²) in [6.45, 7) is -1.38. The molecule has 1 heterocycles. The first-order valence-corrected chi connectivity index (χ1v) is 7.64. The third-order valence-electron chi connectivity index (χ3n) is 4.66. The van der Waals surface area contributed by atoms with Crippen LogP contribution in [0.15, 0.2) is 18.2 Å². The number of methoxy groups -OCH3 is 1. The van der Waals surface area contributed by atoms with Crippen molar-refractivity contribution >= 4 is 17.6 Å². The number of halogens is 2. The zero-order valence-electron chi connectivity index (χ0n) is 13.1. The summed E-state index contributed by atoms with van der Waals surface area (Å²) in [6.07, 6.45) is 1.73. The van der Waals surface area contributed by atoms with Gasteiger partial charge >= 0.3 is 12.6 Å². The Hall–Kier alpha value is -2.22. The summed E-state index contributed by atoms with van der Waals surface area (Å²) < 4.78 is 34.2. The number of rotatable bonds is 5. The van der Waals surface area contributed by atoms with E-state index < -0.39 is 12.6 Å². The standard InChI is InChI=1S/C16H18F2N2O4/c1-23-14(22)9-2-3-11(12(6-9)24-15(17)18)20-13(21)10-7-16(10)4-5-19-8-16/h2-3,6,10,15,19H,4-5,7-8H2,1H3,(H,20,21)/t10-,16-/m0/s1. The minimum absolute atomic E-state index is 0.000223. The second kappa shape index (κ2) is 6.35. The molecular formula is C16H18F2N2O4. The fourth-order valence-corrected chi connectivity index (χ4v) is 3.24. The van der Waals surface area contributed by atoms with Crippen molar-refractivity contribution in [3.63, 3.8) is 0 Å². The van der Waals surface area contributed by atoms with Crippen LogP contribution in [0.3, 0.4) is 0 Å². The molecule has 1 saturated carbocycles. The van der Waals surface area contributed by atoms with Crippen LogP contribution in [0.4, 0.5) is 14.5 Å². The van der Waals surface area contributed by atoms with Crippen molar-refractivity contribution in [2.75, 3.05) is 25.5 Å². The van der Waals surface area contributed by atoms with Crippen LogP contribution in [0.1, 0.15) is 23.2 Å². The maximum absolute atomic E-state index is 12.6. The first kappa shape index (κ1) is 16.6. The molecule has 2 fully saturated rings. The number of esters is 1. The van der Waals surface area contributed by atoms with Crippen LogP contribution in [0, 0.1) is 11.3 Å². The highest BCUT2D eigenvalue weighted by atomic mass is 19.3. The Morgan fingerprint density at radius 2 is 2.21 bits per heavy atom. The fraction of sp³-hybridized carbons (Fsp3) is 0.500. The molecule has 6 nitrogen and oxygen atoms in total. The monoisotopic (exact) mass is 340 g/mol. The van der Waals surface area contributed by atoms with Crippen molar-refractivity contribution in [3.05, 3.63) is 23.8 Å². The van der Waals surface area contributed by atoms with Crippen molar-refractivity contribution in [1.29, 1.82) is 0 Å². The number of hydrogen-bond donors (Lipinski definition) is 2. The van der Waals surface area contributed by atoms with Gasteiger partial charge < -0.3 is 20.1 Å². The molecule has 0 aromatic heterocycles. The van der Waals surface area contributed by atoms with Gasteiger partial charge in [-0.3, -0.25) is 4.79 Å². The summed E-state index contributed by atoms with van der Waals surface area (Å²) >= 11 is 0. The molecular weight excluding hydrogens is 322 g/mol. The Morgan fingerprint density at radius 1 is 1.42 bits per heavy atom. The first-order valence-electron chi connectivity index (χ1n) is 7.64. The highest BCUT2D eigenvalue weighted by Crippen LogP contribution is 2.57. The van der Waals surface area contributed by atoms with E-state index in [0.717, 1.165) is 32.0 Å². The largest absolute Gasteiger partial charge is 0.465 e. The van der Waals surface area contributed by atoms with Gasteiger partial charge in [0.15, 0.2) is 0 Å². The first-order chi connectivity index (χ1) is 11.4. The van der Waals surface area contributed by atoms with Crippen molar-refractivity contribution < 1.29 is 27.8 Å². The van der Waals surface area contributed by atoms with Crippen LogP contribution in [-0.4, -0.2) is 38.7 Å². The van der Waals surface area contributed by atoms with Gasteiger partial charge in [-0.1, -0.05) is 0 Å². The Morgan fingerprint density at radius 3 is 2.83 bits per heavy atom. The zero-order valence-corrected chi connectivity index (χ0v) is 13.1. The van der Waals surface area contributed by atoms with Crippen molar-refractivity contribution in [2.24, 2.45) is 11.3 Å². The fourth-order valence-electron chi connectivity index (χ4n) is 3.24. The molecule has 1 aromatic rings. The van der Waals surface area contributed by atoms with Gasteiger partial charge in [-0.15, -0.1) is 0 Å². The number of benzene rings is 1. The van der Waals surface area contributed by atoms with E-state index in [1.54, 1.807) is 0 Å². The van der Waals surface area contributed by atoms with E-state index in [2.05, 4.69) is 20.1 Å².